The standard InChI is InChI=1S/C11H21N7O2/c1-4-20-11-16-9(15-10(17-11)18-12)13-6-5-8(19)14-7(2)3/h7H,4-6,12H2,1-3H3,(H,14,19)(H2,13,15,16,17,18). The highest BCUT2D eigenvalue weighted by atomic mass is 16.5. The zero-order valence-electron chi connectivity index (χ0n) is 11.9. The fourth-order valence-corrected chi connectivity index (χ4v) is 1.38. The molecule has 0 radical (unpaired) electrons. The predicted molar refractivity (Wildman–Crippen MR) is 75.2 cm³/mol. The first-order chi connectivity index (χ1) is 9.55. The summed E-state index contributed by atoms with van der Waals surface area (Å²) in [6, 6.07) is 0.293. The number of ether oxygens (including phenoxy) is 1. The van der Waals surface area contributed by atoms with E-state index in [2.05, 4.69) is 31.0 Å². The monoisotopic (exact) mass is 283 g/mol. The average molecular weight is 283 g/mol. The van der Waals surface area contributed by atoms with Gasteiger partial charge in [0.25, 0.3) is 0 Å². The first kappa shape index (κ1) is 15.9. The molecule has 0 unspecified atom stereocenters. The van der Waals surface area contributed by atoms with Crippen molar-refractivity contribution in [2.45, 2.75) is 33.2 Å². The van der Waals surface area contributed by atoms with Crippen LogP contribution in [-0.4, -0.2) is 40.1 Å². The van der Waals surface area contributed by atoms with Crippen LogP contribution in [0.2, 0.25) is 0 Å². The van der Waals surface area contributed by atoms with Crippen LogP contribution in [0.1, 0.15) is 27.2 Å². The Hall–Kier alpha value is -2.16. The highest BCUT2D eigenvalue weighted by molar-refractivity contribution is 5.76. The summed E-state index contributed by atoms with van der Waals surface area (Å²) in [6.07, 6.45) is 0.319. The number of nitrogens with zero attached hydrogens (tertiary/aromatic N) is 3. The molecule has 0 spiro atoms. The first-order valence-corrected chi connectivity index (χ1v) is 6.43. The molecule has 1 rings (SSSR count). The number of carbonyl (C=O) groups is 1. The molecule has 0 aliphatic carbocycles. The Balaban J connectivity index is 2.54. The minimum Gasteiger partial charge on any atom is -0.464 e. The van der Waals surface area contributed by atoms with Crippen LogP contribution < -0.4 is 26.6 Å². The Kier molecular flexibility index (Phi) is 6.44. The van der Waals surface area contributed by atoms with Crippen molar-refractivity contribution in [3.8, 4) is 6.01 Å². The summed E-state index contributed by atoms with van der Waals surface area (Å²) in [5, 5.41) is 5.72. The van der Waals surface area contributed by atoms with Crippen molar-refractivity contribution in [1.82, 2.24) is 20.3 Å². The molecule has 0 bridgehead atoms. The third-order valence-corrected chi connectivity index (χ3v) is 2.10. The van der Waals surface area contributed by atoms with Crippen LogP contribution >= 0.6 is 0 Å². The lowest BCUT2D eigenvalue weighted by Gasteiger charge is -2.10. The van der Waals surface area contributed by atoms with Crippen LogP contribution in [0.4, 0.5) is 11.9 Å². The van der Waals surface area contributed by atoms with Gasteiger partial charge in [0.1, 0.15) is 0 Å². The maximum absolute atomic E-state index is 11.5. The SMILES string of the molecule is CCOc1nc(NN)nc(NCCC(=O)NC(C)C)n1. The van der Waals surface area contributed by atoms with E-state index in [1.54, 1.807) is 0 Å². The highest BCUT2D eigenvalue weighted by Gasteiger charge is 2.07. The van der Waals surface area contributed by atoms with Gasteiger partial charge < -0.3 is 15.4 Å². The smallest absolute Gasteiger partial charge is 0.323 e. The molecule has 5 N–H and O–H groups in total. The number of nitrogens with two attached hydrogens (primary N) is 1. The topological polar surface area (TPSA) is 127 Å². The third-order valence-electron chi connectivity index (χ3n) is 2.10. The van der Waals surface area contributed by atoms with Gasteiger partial charge in [-0.15, -0.1) is 0 Å². The first-order valence-electron chi connectivity index (χ1n) is 6.43. The van der Waals surface area contributed by atoms with Gasteiger partial charge in [-0.05, 0) is 20.8 Å². The summed E-state index contributed by atoms with van der Waals surface area (Å²) in [4.78, 5) is 23.5. The number of anilines is 2. The molecule has 1 heterocycles. The Morgan fingerprint density at radius 3 is 2.60 bits per heavy atom. The van der Waals surface area contributed by atoms with Crippen LogP contribution in [0.15, 0.2) is 0 Å². The molecule has 0 atom stereocenters. The lowest BCUT2D eigenvalue weighted by Crippen LogP contribution is -2.31. The van der Waals surface area contributed by atoms with E-state index in [0.717, 1.165) is 0 Å². The molecule has 0 saturated carbocycles. The molecule has 0 aliphatic heterocycles. The van der Waals surface area contributed by atoms with Gasteiger partial charge in [-0.25, -0.2) is 5.84 Å². The van der Waals surface area contributed by atoms with Crippen molar-refractivity contribution >= 4 is 17.8 Å². The van der Waals surface area contributed by atoms with Gasteiger partial charge in [-0.1, -0.05) is 0 Å². The summed E-state index contributed by atoms with van der Waals surface area (Å²) >= 11 is 0. The Morgan fingerprint density at radius 2 is 2.00 bits per heavy atom. The number of amides is 1. The molecule has 20 heavy (non-hydrogen) atoms. The van der Waals surface area contributed by atoms with Crippen molar-refractivity contribution in [3.05, 3.63) is 0 Å². The Morgan fingerprint density at radius 1 is 1.30 bits per heavy atom. The summed E-state index contributed by atoms with van der Waals surface area (Å²) in [5.74, 6) is 5.72. The van der Waals surface area contributed by atoms with Gasteiger partial charge in [-0.2, -0.15) is 15.0 Å². The van der Waals surface area contributed by atoms with Crippen LogP contribution in [0.5, 0.6) is 6.01 Å². The van der Waals surface area contributed by atoms with Gasteiger partial charge >= 0.3 is 6.01 Å². The second-order valence-corrected chi connectivity index (χ2v) is 4.24. The summed E-state index contributed by atoms with van der Waals surface area (Å²) < 4.78 is 5.19. The predicted octanol–water partition coefficient (Wildman–Crippen LogP) is -0.118. The zero-order valence-corrected chi connectivity index (χ0v) is 11.9. The number of carbonyl (C=O) groups excluding carboxylic acids is 1. The van der Waals surface area contributed by atoms with E-state index in [9.17, 15) is 4.79 Å². The second kappa shape index (κ2) is 8.10. The van der Waals surface area contributed by atoms with E-state index in [4.69, 9.17) is 10.6 Å². The van der Waals surface area contributed by atoms with Gasteiger partial charge in [0.15, 0.2) is 0 Å². The Bertz CT molecular complexity index is 439. The normalized spacial score (nSPS) is 10.2. The number of hydrogen-bond donors (Lipinski definition) is 4. The van der Waals surface area contributed by atoms with Crippen molar-refractivity contribution in [1.29, 1.82) is 0 Å². The molecule has 0 fully saturated rings. The van der Waals surface area contributed by atoms with Gasteiger partial charge in [0, 0.05) is 19.0 Å². The largest absolute Gasteiger partial charge is 0.464 e. The third kappa shape index (κ3) is 5.65. The maximum Gasteiger partial charge on any atom is 0.323 e. The molecule has 1 amide bonds. The van der Waals surface area contributed by atoms with E-state index >= 15 is 0 Å². The van der Waals surface area contributed by atoms with Gasteiger partial charge in [-0.3, -0.25) is 10.2 Å². The van der Waals surface area contributed by atoms with Crippen molar-refractivity contribution in [2.75, 3.05) is 23.9 Å². The quantitative estimate of drug-likeness (QED) is 0.384. The number of aromatic nitrogens is 3. The lowest BCUT2D eigenvalue weighted by molar-refractivity contribution is -0.121. The lowest BCUT2D eigenvalue weighted by atomic mass is 10.3. The molecular formula is C11H21N7O2. The summed E-state index contributed by atoms with van der Waals surface area (Å²) in [5.41, 5.74) is 2.33. The van der Waals surface area contributed by atoms with Crippen LogP contribution in [0.3, 0.4) is 0 Å². The number of hydrazine groups is 1. The van der Waals surface area contributed by atoms with E-state index in [1.807, 2.05) is 20.8 Å². The molecule has 0 aliphatic rings. The number of nitrogen functional groups attached to an aromatic ring is 1. The molecule has 1 aromatic rings. The minimum absolute atomic E-state index is 0.0382. The van der Waals surface area contributed by atoms with Crippen LogP contribution in [-0.2, 0) is 4.79 Å². The Labute approximate surface area is 117 Å². The molecule has 9 nitrogen and oxygen atoms in total. The van der Waals surface area contributed by atoms with Crippen LogP contribution in [0, 0.1) is 0 Å². The second-order valence-electron chi connectivity index (χ2n) is 4.24. The molecule has 0 aromatic carbocycles. The molecular weight excluding hydrogens is 262 g/mol. The van der Waals surface area contributed by atoms with Gasteiger partial charge in [0.05, 0.1) is 6.61 Å². The molecule has 112 valence electrons. The fourth-order valence-electron chi connectivity index (χ4n) is 1.38. The van der Waals surface area contributed by atoms with Crippen LogP contribution in [0.25, 0.3) is 0 Å². The zero-order chi connectivity index (χ0) is 15.0. The molecule has 9 heteroatoms. The summed E-state index contributed by atoms with van der Waals surface area (Å²) in [7, 11) is 0. The average Bonchev–Trinajstić information content (AvgIpc) is 2.38. The summed E-state index contributed by atoms with van der Waals surface area (Å²) in [6.45, 7) is 6.47. The van der Waals surface area contributed by atoms with E-state index in [1.165, 1.54) is 0 Å². The fraction of sp³-hybridized carbons (Fsp3) is 0.636. The van der Waals surface area contributed by atoms with Gasteiger partial charge in [0.2, 0.25) is 17.8 Å². The van der Waals surface area contributed by atoms with E-state index in [0.29, 0.717) is 25.5 Å². The van der Waals surface area contributed by atoms with Crippen molar-refractivity contribution in [3.63, 3.8) is 0 Å². The minimum atomic E-state index is -0.0382. The van der Waals surface area contributed by atoms with E-state index < -0.39 is 0 Å². The number of nitrogens with one attached hydrogen (secondary N) is 3. The highest BCUT2D eigenvalue weighted by Crippen LogP contribution is 2.10. The number of hydrogen-bond acceptors (Lipinski definition) is 8. The molecule has 1 aromatic heterocycles. The van der Waals surface area contributed by atoms with Crippen molar-refractivity contribution < 1.29 is 9.53 Å². The maximum atomic E-state index is 11.5. The number of rotatable bonds is 8. The van der Waals surface area contributed by atoms with Crippen molar-refractivity contribution in [2.24, 2.45) is 5.84 Å². The molecule has 0 saturated heterocycles. The van der Waals surface area contributed by atoms with E-state index in [-0.39, 0.29) is 23.9 Å².